The maximum Gasteiger partial charge on any atom is 0.338 e. The number of rotatable bonds is 7. The summed E-state index contributed by atoms with van der Waals surface area (Å²) in [6.07, 6.45) is 4.24. The van der Waals surface area contributed by atoms with E-state index in [1.54, 1.807) is 0 Å². The van der Waals surface area contributed by atoms with Crippen LogP contribution in [0, 0.1) is 0 Å². The molecule has 1 unspecified atom stereocenters. The van der Waals surface area contributed by atoms with E-state index in [-0.39, 0.29) is 12.1 Å². The first-order valence-electron chi connectivity index (χ1n) is 8.06. The lowest BCUT2D eigenvalue weighted by molar-refractivity contribution is 0.0329. The van der Waals surface area contributed by atoms with Crippen molar-refractivity contribution < 1.29 is 9.53 Å². The molecule has 0 aliphatic carbocycles. The lowest BCUT2D eigenvalue weighted by Crippen LogP contribution is -2.15. The van der Waals surface area contributed by atoms with Gasteiger partial charge in [-0.25, -0.2) is 4.79 Å². The molecule has 0 saturated carbocycles. The Balaban J connectivity index is 1.76. The quantitative estimate of drug-likeness (QED) is 0.534. The first-order chi connectivity index (χ1) is 11.2. The zero-order valence-electron chi connectivity index (χ0n) is 13.7. The molecule has 120 valence electrons. The Kier molecular flexibility index (Phi) is 6.55. The Bertz CT molecular complexity index is 632. The molecule has 0 aliphatic rings. The third-order valence-electron chi connectivity index (χ3n) is 3.60. The lowest BCUT2D eigenvalue weighted by Gasteiger charge is -2.12. The zero-order valence-corrected chi connectivity index (χ0v) is 13.7. The van der Waals surface area contributed by atoms with E-state index in [0.29, 0.717) is 5.56 Å². The van der Waals surface area contributed by atoms with E-state index in [9.17, 15) is 4.79 Å². The van der Waals surface area contributed by atoms with Crippen LogP contribution in [-0.2, 0) is 11.2 Å². The SMILES string of the molecule is CCc1ccc(C(=O)OC(C)CCC=Nc2ccccc2)cc1. The molecule has 0 heterocycles. The molecule has 3 heteroatoms. The summed E-state index contributed by atoms with van der Waals surface area (Å²) in [6, 6.07) is 17.4. The number of hydrogen-bond acceptors (Lipinski definition) is 3. The molecule has 0 aliphatic heterocycles. The largest absolute Gasteiger partial charge is 0.459 e. The number of hydrogen-bond donors (Lipinski definition) is 0. The molecular formula is C20H23NO2. The summed E-state index contributed by atoms with van der Waals surface area (Å²) in [5, 5.41) is 0. The van der Waals surface area contributed by atoms with Gasteiger partial charge in [0.15, 0.2) is 0 Å². The molecule has 3 nitrogen and oxygen atoms in total. The van der Waals surface area contributed by atoms with Gasteiger partial charge in [0, 0.05) is 6.21 Å². The van der Waals surface area contributed by atoms with E-state index in [1.807, 2.05) is 67.7 Å². The Labute approximate surface area is 138 Å². The number of benzene rings is 2. The van der Waals surface area contributed by atoms with Crippen LogP contribution in [0.15, 0.2) is 59.6 Å². The van der Waals surface area contributed by atoms with Crippen LogP contribution < -0.4 is 0 Å². The van der Waals surface area contributed by atoms with Crippen molar-refractivity contribution in [1.82, 2.24) is 0 Å². The molecule has 0 N–H and O–H groups in total. The van der Waals surface area contributed by atoms with Crippen molar-refractivity contribution in [2.75, 3.05) is 0 Å². The molecule has 0 radical (unpaired) electrons. The molecule has 0 spiro atoms. The van der Waals surface area contributed by atoms with E-state index >= 15 is 0 Å². The maximum absolute atomic E-state index is 12.1. The molecule has 0 amide bonds. The molecule has 1 atom stereocenters. The summed E-state index contributed by atoms with van der Waals surface area (Å²) in [6.45, 7) is 4.00. The van der Waals surface area contributed by atoms with Crippen LogP contribution in [-0.4, -0.2) is 18.3 Å². The highest BCUT2D eigenvalue weighted by Crippen LogP contribution is 2.11. The second-order valence-corrected chi connectivity index (χ2v) is 5.49. The van der Waals surface area contributed by atoms with Gasteiger partial charge in [-0.2, -0.15) is 0 Å². The Morgan fingerprint density at radius 2 is 1.83 bits per heavy atom. The van der Waals surface area contributed by atoms with Crippen LogP contribution in [0.4, 0.5) is 5.69 Å². The van der Waals surface area contributed by atoms with E-state index < -0.39 is 0 Å². The average Bonchev–Trinajstić information content (AvgIpc) is 2.59. The summed E-state index contributed by atoms with van der Waals surface area (Å²) in [5.41, 5.74) is 2.76. The second-order valence-electron chi connectivity index (χ2n) is 5.49. The van der Waals surface area contributed by atoms with E-state index in [0.717, 1.165) is 24.9 Å². The number of carbonyl (C=O) groups excluding carboxylic acids is 1. The van der Waals surface area contributed by atoms with Gasteiger partial charge in [0.2, 0.25) is 0 Å². The highest BCUT2D eigenvalue weighted by molar-refractivity contribution is 5.89. The number of para-hydroxylation sites is 1. The highest BCUT2D eigenvalue weighted by atomic mass is 16.5. The van der Waals surface area contributed by atoms with E-state index in [2.05, 4.69) is 11.9 Å². The molecule has 2 aromatic carbocycles. The summed E-state index contributed by atoms with van der Waals surface area (Å²) < 4.78 is 5.46. The van der Waals surface area contributed by atoms with Crippen molar-refractivity contribution in [1.29, 1.82) is 0 Å². The maximum atomic E-state index is 12.1. The minimum atomic E-state index is -0.264. The minimum Gasteiger partial charge on any atom is -0.459 e. The third kappa shape index (κ3) is 5.70. The molecular weight excluding hydrogens is 286 g/mol. The molecule has 0 aromatic heterocycles. The Morgan fingerprint density at radius 3 is 2.48 bits per heavy atom. The van der Waals surface area contributed by atoms with Crippen LogP contribution >= 0.6 is 0 Å². The molecule has 0 fully saturated rings. The van der Waals surface area contributed by atoms with Crippen molar-refractivity contribution in [2.24, 2.45) is 4.99 Å². The van der Waals surface area contributed by atoms with Gasteiger partial charge in [-0.05, 0) is 56.0 Å². The Hall–Kier alpha value is -2.42. The smallest absolute Gasteiger partial charge is 0.338 e. The molecule has 2 rings (SSSR count). The van der Waals surface area contributed by atoms with Gasteiger partial charge in [0.05, 0.1) is 17.4 Å². The predicted octanol–water partition coefficient (Wildman–Crippen LogP) is 4.98. The number of esters is 1. The van der Waals surface area contributed by atoms with Gasteiger partial charge >= 0.3 is 5.97 Å². The first-order valence-corrected chi connectivity index (χ1v) is 8.06. The van der Waals surface area contributed by atoms with Gasteiger partial charge in [0.25, 0.3) is 0 Å². The van der Waals surface area contributed by atoms with Crippen molar-refractivity contribution in [3.8, 4) is 0 Å². The second kappa shape index (κ2) is 8.89. The number of aliphatic imine (C=N–C) groups is 1. The van der Waals surface area contributed by atoms with Crippen LogP contribution in [0.1, 0.15) is 42.6 Å². The number of ether oxygens (including phenoxy) is 1. The molecule has 0 saturated heterocycles. The normalized spacial score (nSPS) is 12.3. The van der Waals surface area contributed by atoms with Crippen molar-refractivity contribution >= 4 is 17.9 Å². The van der Waals surface area contributed by atoms with Crippen LogP contribution in [0.3, 0.4) is 0 Å². The molecule has 2 aromatic rings. The summed E-state index contributed by atoms with van der Waals surface area (Å²) in [4.78, 5) is 16.4. The monoisotopic (exact) mass is 309 g/mol. The van der Waals surface area contributed by atoms with Crippen molar-refractivity contribution in [3.63, 3.8) is 0 Å². The van der Waals surface area contributed by atoms with Gasteiger partial charge in [-0.1, -0.05) is 37.3 Å². The summed E-state index contributed by atoms with van der Waals surface area (Å²) in [7, 11) is 0. The Morgan fingerprint density at radius 1 is 1.13 bits per heavy atom. The third-order valence-corrected chi connectivity index (χ3v) is 3.60. The van der Waals surface area contributed by atoms with Crippen LogP contribution in [0.2, 0.25) is 0 Å². The summed E-state index contributed by atoms with van der Waals surface area (Å²) in [5.74, 6) is -0.264. The fourth-order valence-electron chi connectivity index (χ4n) is 2.18. The van der Waals surface area contributed by atoms with Gasteiger partial charge in [-0.3, -0.25) is 4.99 Å². The predicted molar refractivity (Wildman–Crippen MR) is 94.5 cm³/mol. The van der Waals surface area contributed by atoms with Gasteiger partial charge < -0.3 is 4.74 Å². The van der Waals surface area contributed by atoms with E-state index in [1.165, 1.54) is 5.56 Å². The number of nitrogens with zero attached hydrogens (tertiary/aromatic N) is 1. The standard InChI is InChI=1S/C20H23NO2/c1-3-17-11-13-18(14-12-17)20(22)23-16(2)8-7-15-21-19-9-5-4-6-10-19/h4-6,9-16H,3,7-8H2,1-2H3. The van der Waals surface area contributed by atoms with Gasteiger partial charge in [0.1, 0.15) is 0 Å². The minimum absolute atomic E-state index is 0.129. The topological polar surface area (TPSA) is 38.7 Å². The van der Waals surface area contributed by atoms with Crippen LogP contribution in [0.5, 0.6) is 0 Å². The van der Waals surface area contributed by atoms with Gasteiger partial charge in [-0.15, -0.1) is 0 Å². The average molecular weight is 309 g/mol. The fourth-order valence-corrected chi connectivity index (χ4v) is 2.18. The molecule has 0 bridgehead atoms. The summed E-state index contributed by atoms with van der Waals surface area (Å²) >= 11 is 0. The van der Waals surface area contributed by atoms with Crippen LogP contribution in [0.25, 0.3) is 0 Å². The fraction of sp³-hybridized carbons (Fsp3) is 0.300. The number of carbonyl (C=O) groups is 1. The lowest BCUT2D eigenvalue weighted by atomic mass is 10.1. The van der Waals surface area contributed by atoms with Crippen molar-refractivity contribution in [3.05, 3.63) is 65.7 Å². The molecule has 23 heavy (non-hydrogen) atoms. The number of aryl methyl sites for hydroxylation is 1. The van der Waals surface area contributed by atoms with Crippen molar-refractivity contribution in [2.45, 2.75) is 39.2 Å². The zero-order chi connectivity index (χ0) is 16.5. The highest BCUT2D eigenvalue weighted by Gasteiger charge is 2.11. The first kappa shape index (κ1) is 16.9. The van der Waals surface area contributed by atoms with E-state index in [4.69, 9.17) is 4.74 Å².